The number of aromatic nitrogens is 1. The fourth-order valence-corrected chi connectivity index (χ4v) is 1.28. The second-order valence-electron chi connectivity index (χ2n) is 5.33. The van der Waals surface area contributed by atoms with Crippen LogP contribution in [0.2, 0.25) is 0 Å². The number of nitrogens with two attached hydrogens (primary N) is 1. The average Bonchev–Trinajstić information content (AvgIpc) is 2.23. The van der Waals surface area contributed by atoms with E-state index in [9.17, 15) is 0 Å². The van der Waals surface area contributed by atoms with Crippen molar-refractivity contribution in [2.45, 2.75) is 33.8 Å². The molecule has 94 valence electrons. The Balaban J connectivity index is 2.42. The smallest absolute Gasteiger partial charge is 0.141 e. The van der Waals surface area contributed by atoms with Gasteiger partial charge in [-0.1, -0.05) is 20.8 Å². The van der Waals surface area contributed by atoms with Gasteiger partial charge in [0.1, 0.15) is 11.5 Å². The van der Waals surface area contributed by atoms with E-state index in [0.717, 1.165) is 18.6 Å². The Morgan fingerprint density at radius 2 is 2.18 bits per heavy atom. The first kappa shape index (κ1) is 13.6. The average molecular weight is 235 g/mol. The Bertz CT molecular complexity index is 382. The largest absolute Gasteiger partial charge is 0.382 e. The van der Waals surface area contributed by atoms with Gasteiger partial charge in [-0.3, -0.25) is 10.4 Å². The normalized spacial score (nSPS) is 11.5. The number of hydrogen-bond donors (Lipinski definition) is 2. The van der Waals surface area contributed by atoms with E-state index in [1.54, 1.807) is 12.3 Å². The molecule has 0 bridgehead atoms. The number of nitrogens with zero attached hydrogens (tertiary/aromatic N) is 1. The first-order valence-electron chi connectivity index (χ1n) is 5.75. The molecule has 0 aromatic carbocycles. The van der Waals surface area contributed by atoms with Crippen molar-refractivity contribution in [2.75, 3.05) is 6.61 Å². The van der Waals surface area contributed by atoms with Gasteiger partial charge in [0, 0.05) is 12.8 Å². The first-order valence-corrected chi connectivity index (χ1v) is 5.75. The number of nitrogen functional groups attached to an aromatic ring is 1. The van der Waals surface area contributed by atoms with Gasteiger partial charge in [0.25, 0.3) is 0 Å². The molecule has 0 spiro atoms. The number of rotatable bonds is 5. The summed E-state index contributed by atoms with van der Waals surface area (Å²) in [6.45, 7) is 7.85. The maximum atomic E-state index is 7.30. The van der Waals surface area contributed by atoms with Crippen LogP contribution in [-0.2, 0) is 11.3 Å². The molecule has 0 aliphatic rings. The molecule has 1 aromatic heterocycles. The van der Waals surface area contributed by atoms with Gasteiger partial charge in [0.05, 0.1) is 6.61 Å². The van der Waals surface area contributed by atoms with Crippen LogP contribution >= 0.6 is 0 Å². The molecule has 1 rings (SSSR count). The highest BCUT2D eigenvalue weighted by atomic mass is 16.5. The molecule has 0 amide bonds. The van der Waals surface area contributed by atoms with Gasteiger partial charge in [0.15, 0.2) is 0 Å². The van der Waals surface area contributed by atoms with Crippen LogP contribution in [0, 0.1) is 10.8 Å². The molecule has 4 nitrogen and oxygen atoms in total. The molecule has 1 heterocycles. The topological polar surface area (TPSA) is 72.0 Å². The highest BCUT2D eigenvalue weighted by Gasteiger charge is 2.09. The number of hydrogen-bond acceptors (Lipinski definition) is 3. The predicted octanol–water partition coefficient (Wildman–Crippen LogP) is 2.32. The van der Waals surface area contributed by atoms with Crippen LogP contribution in [0.4, 0.5) is 0 Å². The number of nitrogens with one attached hydrogen (secondary N) is 1. The van der Waals surface area contributed by atoms with Crippen LogP contribution in [0.5, 0.6) is 0 Å². The van der Waals surface area contributed by atoms with E-state index in [1.165, 1.54) is 0 Å². The zero-order valence-corrected chi connectivity index (χ0v) is 10.8. The van der Waals surface area contributed by atoms with Gasteiger partial charge in [-0.05, 0) is 29.5 Å². The fraction of sp³-hybridized carbons (Fsp3) is 0.538. The minimum absolute atomic E-state index is 0.0125. The molecule has 0 atom stereocenters. The van der Waals surface area contributed by atoms with E-state index in [0.29, 0.717) is 17.7 Å². The van der Waals surface area contributed by atoms with Crippen molar-refractivity contribution >= 4 is 5.84 Å². The van der Waals surface area contributed by atoms with Gasteiger partial charge < -0.3 is 10.5 Å². The summed E-state index contributed by atoms with van der Waals surface area (Å²) < 4.78 is 5.59. The standard InChI is InChI=1S/C13H21N3O/c1-13(2,3)5-7-17-9-10-4-6-16-11(8-10)12(14)15/h4,6,8H,5,7,9H2,1-3H3,(H3,14,15). The maximum Gasteiger partial charge on any atom is 0.141 e. The van der Waals surface area contributed by atoms with Crippen molar-refractivity contribution in [3.8, 4) is 0 Å². The van der Waals surface area contributed by atoms with Crippen LogP contribution in [-0.4, -0.2) is 17.4 Å². The Labute approximate surface area is 103 Å². The molecule has 0 radical (unpaired) electrons. The van der Waals surface area contributed by atoms with Crippen molar-refractivity contribution < 1.29 is 4.74 Å². The monoisotopic (exact) mass is 235 g/mol. The van der Waals surface area contributed by atoms with Crippen molar-refractivity contribution in [2.24, 2.45) is 11.1 Å². The Morgan fingerprint density at radius 3 is 2.76 bits per heavy atom. The second-order valence-corrected chi connectivity index (χ2v) is 5.33. The van der Waals surface area contributed by atoms with Gasteiger partial charge in [-0.2, -0.15) is 0 Å². The van der Waals surface area contributed by atoms with Crippen molar-refractivity contribution in [1.29, 1.82) is 5.41 Å². The lowest BCUT2D eigenvalue weighted by Gasteiger charge is -2.17. The predicted molar refractivity (Wildman–Crippen MR) is 69.0 cm³/mol. The van der Waals surface area contributed by atoms with Crippen molar-refractivity contribution in [1.82, 2.24) is 4.98 Å². The first-order chi connectivity index (χ1) is 7.88. The summed E-state index contributed by atoms with van der Waals surface area (Å²) in [5.74, 6) is -0.0125. The summed E-state index contributed by atoms with van der Waals surface area (Å²) in [5, 5.41) is 7.30. The van der Waals surface area contributed by atoms with E-state index in [2.05, 4.69) is 25.8 Å². The summed E-state index contributed by atoms with van der Waals surface area (Å²) in [5.41, 5.74) is 7.17. The van der Waals surface area contributed by atoms with Gasteiger partial charge in [-0.15, -0.1) is 0 Å². The Kier molecular flexibility index (Phi) is 4.63. The zero-order valence-electron chi connectivity index (χ0n) is 10.8. The van der Waals surface area contributed by atoms with Crippen LogP contribution < -0.4 is 5.73 Å². The fourth-order valence-electron chi connectivity index (χ4n) is 1.28. The minimum Gasteiger partial charge on any atom is -0.382 e. The van der Waals surface area contributed by atoms with E-state index in [-0.39, 0.29) is 5.84 Å². The zero-order chi connectivity index (χ0) is 12.9. The molecule has 0 saturated carbocycles. The highest BCUT2D eigenvalue weighted by molar-refractivity contribution is 5.93. The Morgan fingerprint density at radius 1 is 1.47 bits per heavy atom. The molecule has 17 heavy (non-hydrogen) atoms. The molecular weight excluding hydrogens is 214 g/mol. The van der Waals surface area contributed by atoms with Crippen molar-refractivity contribution in [3.63, 3.8) is 0 Å². The summed E-state index contributed by atoms with van der Waals surface area (Å²) in [4.78, 5) is 4.00. The van der Waals surface area contributed by atoms with Gasteiger partial charge >= 0.3 is 0 Å². The third-order valence-electron chi connectivity index (χ3n) is 2.37. The number of ether oxygens (including phenoxy) is 1. The molecule has 4 heteroatoms. The summed E-state index contributed by atoms with van der Waals surface area (Å²) in [6, 6.07) is 3.67. The molecular formula is C13H21N3O. The molecule has 0 fully saturated rings. The Hall–Kier alpha value is -1.42. The minimum atomic E-state index is -0.0125. The quantitative estimate of drug-likeness (QED) is 0.467. The number of amidine groups is 1. The molecule has 0 aliphatic heterocycles. The van der Waals surface area contributed by atoms with E-state index >= 15 is 0 Å². The lowest BCUT2D eigenvalue weighted by Crippen LogP contribution is -2.13. The molecule has 0 unspecified atom stereocenters. The second kappa shape index (κ2) is 5.77. The SMILES string of the molecule is CC(C)(C)CCOCc1ccnc(C(=N)N)c1. The molecule has 0 aliphatic carbocycles. The van der Waals surface area contributed by atoms with E-state index < -0.39 is 0 Å². The van der Waals surface area contributed by atoms with Gasteiger partial charge in [0.2, 0.25) is 0 Å². The summed E-state index contributed by atoms with van der Waals surface area (Å²) in [6.07, 6.45) is 2.68. The summed E-state index contributed by atoms with van der Waals surface area (Å²) >= 11 is 0. The lowest BCUT2D eigenvalue weighted by atomic mass is 9.93. The van der Waals surface area contributed by atoms with Crippen LogP contribution in [0.1, 0.15) is 38.4 Å². The van der Waals surface area contributed by atoms with Crippen LogP contribution in [0.3, 0.4) is 0 Å². The highest BCUT2D eigenvalue weighted by Crippen LogP contribution is 2.18. The number of pyridine rings is 1. The van der Waals surface area contributed by atoms with Crippen LogP contribution in [0.15, 0.2) is 18.3 Å². The third kappa shape index (κ3) is 5.45. The van der Waals surface area contributed by atoms with E-state index in [4.69, 9.17) is 15.9 Å². The summed E-state index contributed by atoms with van der Waals surface area (Å²) in [7, 11) is 0. The maximum absolute atomic E-state index is 7.30. The van der Waals surface area contributed by atoms with E-state index in [1.807, 2.05) is 6.07 Å². The van der Waals surface area contributed by atoms with Gasteiger partial charge in [-0.25, -0.2) is 0 Å². The lowest BCUT2D eigenvalue weighted by molar-refractivity contribution is 0.0962. The molecule has 0 saturated heterocycles. The molecule has 3 N–H and O–H groups in total. The molecule has 1 aromatic rings. The van der Waals surface area contributed by atoms with Crippen molar-refractivity contribution in [3.05, 3.63) is 29.6 Å². The third-order valence-corrected chi connectivity index (χ3v) is 2.37. The van der Waals surface area contributed by atoms with Crippen LogP contribution in [0.25, 0.3) is 0 Å².